The van der Waals surface area contributed by atoms with Crippen LogP contribution in [0.5, 0.6) is 0 Å². The molecule has 24 heavy (non-hydrogen) atoms. The summed E-state index contributed by atoms with van der Waals surface area (Å²) in [4.78, 5) is 4.20. The van der Waals surface area contributed by atoms with E-state index in [1.165, 1.54) is 0 Å². The Balaban J connectivity index is 0.00000208. The number of para-hydroxylation sites is 1. The van der Waals surface area contributed by atoms with E-state index in [1.807, 2.05) is 31.2 Å². The van der Waals surface area contributed by atoms with Gasteiger partial charge in [0.2, 0.25) is 0 Å². The normalized spacial score (nSPS) is 11.4. The van der Waals surface area contributed by atoms with Gasteiger partial charge in [0.1, 0.15) is 11.3 Å². The summed E-state index contributed by atoms with van der Waals surface area (Å²) in [6.45, 7) is 5.05. The monoisotopic (exact) mass is 440 g/mol. The maximum Gasteiger partial charge on any atom is 0.191 e. The maximum atomic E-state index is 5.89. The quantitative estimate of drug-likeness (QED) is 0.369. The first-order valence-electron chi connectivity index (χ1n) is 7.51. The first kappa shape index (κ1) is 18.3. The van der Waals surface area contributed by atoms with E-state index in [1.54, 1.807) is 7.05 Å². The molecule has 0 fully saturated rings. The molecule has 0 amide bonds. The third kappa shape index (κ3) is 4.08. The third-order valence-corrected chi connectivity index (χ3v) is 3.69. The molecule has 2 aromatic heterocycles. The van der Waals surface area contributed by atoms with Crippen molar-refractivity contribution in [2.75, 3.05) is 7.05 Å². The van der Waals surface area contributed by atoms with Gasteiger partial charge in [0, 0.05) is 24.1 Å². The Morgan fingerprint density at radius 1 is 1.17 bits per heavy atom. The van der Waals surface area contributed by atoms with E-state index >= 15 is 0 Å². The van der Waals surface area contributed by atoms with Crippen LogP contribution >= 0.6 is 24.0 Å². The van der Waals surface area contributed by atoms with E-state index in [2.05, 4.69) is 33.8 Å². The number of hydrogen-bond donors (Lipinski definition) is 2. The largest absolute Gasteiger partial charge is 0.459 e. The second kappa shape index (κ2) is 8.18. The molecule has 0 saturated carbocycles. The topological polar surface area (TPSA) is 75.6 Å². The highest BCUT2D eigenvalue weighted by atomic mass is 127. The fraction of sp³-hybridized carbons (Fsp3) is 0.294. The van der Waals surface area contributed by atoms with E-state index < -0.39 is 0 Å². The summed E-state index contributed by atoms with van der Waals surface area (Å²) in [6, 6.07) is 9.93. The number of aliphatic imine (C=N–C) groups is 1. The lowest BCUT2D eigenvalue weighted by Crippen LogP contribution is -2.36. The molecule has 3 aromatic rings. The van der Waals surface area contributed by atoms with Crippen LogP contribution in [0.25, 0.3) is 11.0 Å². The van der Waals surface area contributed by atoms with Crippen molar-refractivity contribution in [2.24, 2.45) is 4.99 Å². The van der Waals surface area contributed by atoms with Gasteiger partial charge in [0.15, 0.2) is 11.7 Å². The van der Waals surface area contributed by atoms with Gasteiger partial charge >= 0.3 is 0 Å². The number of hydrogen-bond acceptors (Lipinski definition) is 4. The minimum atomic E-state index is 0. The highest BCUT2D eigenvalue weighted by Crippen LogP contribution is 2.24. The van der Waals surface area contributed by atoms with Gasteiger partial charge in [0.05, 0.1) is 18.8 Å². The van der Waals surface area contributed by atoms with Crippen LogP contribution in [0.1, 0.15) is 22.8 Å². The fourth-order valence-corrected chi connectivity index (χ4v) is 2.45. The highest BCUT2D eigenvalue weighted by Gasteiger charge is 2.10. The second-order valence-corrected chi connectivity index (χ2v) is 5.36. The van der Waals surface area contributed by atoms with E-state index in [9.17, 15) is 0 Å². The molecular formula is C17H21IN4O2. The molecule has 2 N–H and O–H groups in total. The van der Waals surface area contributed by atoms with Crippen LogP contribution in [0.2, 0.25) is 0 Å². The molecule has 0 aliphatic rings. The molecule has 2 heterocycles. The molecule has 1 aromatic carbocycles. The van der Waals surface area contributed by atoms with Crippen molar-refractivity contribution in [1.29, 1.82) is 0 Å². The van der Waals surface area contributed by atoms with Crippen LogP contribution in [0.4, 0.5) is 0 Å². The molecule has 0 bridgehead atoms. The number of nitrogens with one attached hydrogen (secondary N) is 2. The molecule has 6 nitrogen and oxygen atoms in total. The van der Waals surface area contributed by atoms with Crippen LogP contribution in [0.15, 0.2) is 44.3 Å². The van der Waals surface area contributed by atoms with Gasteiger partial charge in [-0.05, 0) is 19.9 Å². The van der Waals surface area contributed by atoms with Crippen molar-refractivity contribution in [2.45, 2.75) is 26.9 Å². The van der Waals surface area contributed by atoms with Crippen molar-refractivity contribution in [3.05, 3.63) is 53.1 Å². The van der Waals surface area contributed by atoms with Crippen molar-refractivity contribution >= 4 is 40.9 Å². The van der Waals surface area contributed by atoms with E-state index in [0.29, 0.717) is 19.0 Å². The number of rotatable bonds is 4. The first-order valence-corrected chi connectivity index (χ1v) is 7.51. The third-order valence-electron chi connectivity index (χ3n) is 3.69. The molecule has 0 aliphatic carbocycles. The summed E-state index contributed by atoms with van der Waals surface area (Å²) >= 11 is 0. The van der Waals surface area contributed by atoms with Crippen LogP contribution in [-0.2, 0) is 13.1 Å². The average Bonchev–Trinajstić information content (AvgIpc) is 3.12. The lowest BCUT2D eigenvalue weighted by Gasteiger charge is -2.09. The Hall–Kier alpha value is -2.03. The van der Waals surface area contributed by atoms with E-state index in [4.69, 9.17) is 8.94 Å². The van der Waals surface area contributed by atoms with Crippen LogP contribution in [-0.4, -0.2) is 18.2 Å². The number of nitrogens with zero attached hydrogens (tertiary/aromatic N) is 2. The van der Waals surface area contributed by atoms with Crippen LogP contribution in [0.3, 0.4) is 0 Å². The summed E-state index contributed by atoms with van der Waals surface area (Å²) in [5, 5.41) is 11.4. The van der Waals surface area contributed by atoms with E-state index in [-0.39, 0.29) is 24.0 Å². The Labute approximate surface area is 157 Å². The summed E-state index contributed by atoms with van der Waals surface area (Å²) in [5.41, 5.74) is 2.92. The zero-order chi connectivity index (χ0) is 16.2. The minimum absolute atomic E-state index is 0. The fourth-order valence-electron chi connectivity index (χ4n) is 2.45. The summed E-state index contributed by atoms with van der Waals surface area (Å²) in [5.74, 6) is 2.36. The Bertz CT molecular complexity index is 838. The Morgan fingerprint density at radius 3 is 2.58 bits per heavy atom. The van der Waals surface area contributed by atoms with Gasteiger partial charge in [-0.1, -0.05) is 23.4 Å². The van der Waals surface area contributed by atoms with Crippen molar-refractivity contribution in [3.63, 3.8) is 0 Å². The van der Waals surface area contributed by atoms with Crippen LogP contribution in [0, 0.1) is 13.8 Å². The molecule has 0 spiro atoms. The smallest absolute Gasteiger partial charge is 0.191 e. The zero-order valence-electron chi connectivity index (χ0n) is 13.9. The molecule has 0 unspecified atom stereocenters. The van der Waals surface area contributed by atoms with Gasteiger partial charge in [0.25, 0.3) is 0 Å². The maximum absolute atomic E-state index is 5.89. The second-order valence-electron chi connectivity index (χ2n) is 5.36. The Morgan fingerprint density at radius 2 is 1.92 bits per heavy atom. The lowest BCUT2D eigenvalue weighted by molar-refractivity contribution is 0.376. The molecule has 0 radical (unpaired) electrons. The summed E-state index contributed by atoms with van der Waals surface area (Å²) < 4.78 is 11.1. The minimum Gasteiger partial charge on any atom is -0.459 e. The summed E-state index contributed by atoms with van der Waals surface area (Å²) in [7, 11) is 1.73. The lowest BCUT2D eigenvalue weighted by atomic mass is 10.1. The van der Waals surface area contributed by atoms with Gasteiger partial charge < -0.3 is 19.6 Å². The Kier molecular flexibility index (Phi) is 6.24. The number of guanidine groups is 1. The summed E-state index contributed by atoms with van der Waals surface area (Å²) in [6.07, 6.45) is 0. The standard InChI is InChI=1S/C17H20N4O2.HI/c1-11-8-13(23-21-11)9-19-17(18-3)20-10-16-12(2)14-6-4-5-7-15(14)22-16;/h4-8H,9-10H2,1-3H3,(H2,18,19,20);1H. The molecule has 3 rings (SSSR count). The SMILES string of the molecule is CN=C(NCc1cc(C)no1)NCc1oc2ccccc2c1C.I. The molecule has 128 valence electrons. The number of halogens is 1. The van der Waals surface area contributed by atoms with Gasteiger partial charge in [-0.25, -0.2) is 0 Å². The van der Waals surface area contributed by atoms with Crippen molar-refractivity contribution in [1.82, 2.24) is 15.8 Å². The van der Waals surface area contributed by atoms with Gasteiger partial charge in [-0.2, -0.15) is 0 Å². The van der Waals surface area contributed by atoms with Gasteiger partial charge in [-0.3, -0.25) is 4.99 Å². The number of aromatic nitrogens is 1. The number of benzene rings is 1. The zero-order valence-corrected chi connectivity index (χ0v) is 16.3. The molecular weight excluding hydrogens is 419 g/mol. The number of fused-ring (bicyclic) bond motifs is 1. The first-order chi connectivity index (χ1) is 11.2. The number of furan rings is 1. The molecule has 7 heteroatoms. The average molecular weight is 440 g/mol. The van der Waals surface area contributed by atoms with Gasteiger partial charge in [-0.15, -0.1) is 24.0 Å². The van der Waals surface area contributed by atoms with Crippen molar-refractivity contribution in [3.8, 4) is 0 Å². The van der Waals surface area contributed by atoms with Crippen molar-refractivity contribution < 1.29 is 8.94 Å². The van der Waals surface area contributed by atoms with Crippen LogP contribution < -0.4 is 10.6 Å². The number of aryl methyl sites for hydroxylation is 2. The molecule has 0 atom stereocenters. The molecule has 0 aliphatic heterocycles. The predicted octanol–water partition coefficient (Wildman–Crippen LogP) is 3.52. The molecule has 0 saturated heterocycles. The van der Waals surface area contributed by atoms with E-state index in [0.717, 1.165) is 33.7 Å². The predicted molar refractivity (Wildman–Crippen MR) is 105 cm³/mol. The highest BCUT2D eigenvalue weighted by molar-refractivity contribution is 14.0.